The first-order valence-electron chi connectivity index (χ1n) is 10.1. The molecule has 32 heavy (non-hydrogen) atoms. The molecule has 6 nitrogen and oxygen atoms in total. The van der Waals surface area contributed by atoms with E-state index in [0.717, 1.165) is 11.3 Å². The van der Waals surface area contributed by atoms with Crippen molar-refractivity contribution in [2.24, 2.45) is 0 Å². The molecule has 2 aliphatic heterocycles. The van der Waals surface area contributed by atoms with E-state index in [-0.39, 0.29) is 17.2 Å². The summed E-state index contributed by atoms with van der Waals surface area (Å²) < 4.78 is 11.3. The number of thioether (sulfide) groups is 1. The summed E-state index contributed by atoms with van der Waals surface area (Å²) in [7, 11) is 0. The third-order valence-corrected chi connectivity index (χ3v) is 6.67. The Morgan fingerprint density at radius 2 is 1.78 bits per heavy atom. The number of carbonyl (C=O) groups is 2. The van der Waals surface area contributed by atoms with E-state index in [4.69, 9.17) is 21.1 Å². The third-order valence-electron chi connectivity index (χ3n) is 5.21. The maximum absolute atomic E-state index is 12.8. The molecule has 1 saturated heterocycles. The highest BCUT2D eigenvalue weighted by molar-refractivity contribution is 8.00. The molecule has 2 aliphatic rings. The van der Waals surface area contributed by atoms with Crippen molar-refractivity contribution in [3.05, 3.63) is 82.9 Å². The highest BCUT2D eigenvalue weighted by Gasteiger charge is 2.35. The fourth-order valence-corrected chi connectivity index (χ4v) is 5.00. The van der Waals surface area contributed by atoms with Crippen molar-refractivity contribution in [3.8, 4) is 11.5 Å². The van der Waals surface area contributed by atoms with E-state index < -0.39 is 0 Å². The van der Waals surface area contributed by atoms with E-state index in [1.165, 1.54) is 0 Å². The van der Waals surface area contributed by atoms with E-state index >= 15 is 0 Å². The zero-order valence-electron chi connectivity index (χ0n) is 16.9. The van der Waals surface area contributed by atoms with E-state index in [1.807, 2.05) is 42.5 Å². The van der Waals surface area contributed by atoms with Gasteiger partial charge < -0.3 is 14.8 Å². The summed E-state index contributed by atoms with van der Waals surface area (Å²) >= 11 is 7.45. The van der Waals surface area contributed by atoms with E-state index in [1.54, 1.807) is 40.9 Å². The number of halogens is 1. The number of benzene rings is 3. The van der Waals surface area contributed by atoms with Crippen LogP contribution in [0.1, 0.15) is 21.3 Å². The van der Waals surface area contributed by atoms with Gasteiger partial charge in [-0.2, -0.15) is 0 Å². The molecule has 0 aliphatic carbocycles. The highest BCUT2D eigenvalue weighted by atomic mass is 35.5. The first-order valence-corrected chi connectivity index (χ1v) is 11.5. The van der Waals surface area contributed by atoms with Crippen LogP contribution >= 0.6 is 23.4 Å². The normalized spacial score (nSPS) is 17.3. The van der Waals surface area contributed by atoms with Crippen LogP contribution in [0.4, 0.5) is 11.4 Å². The van der Waals surface area contributed by atoms with Gasteiger partial charge in [0.05, 0.1) is 5.75 Å². The largest absolute Gasteiger partial charge is 0.486 e. The van der Waals surface area contributed by atoms with Gasteiger partial charge in [-0.1, -0.05) is 23.7 Å². The highest BCUT2D eigenvalue weighted by Crippen LogP contribution is 2.44. The zero-order chi connectivity index (χ0) is 22.1. The molecule has 0 radical (unpaired) electrons. The van der Waals surface area contributed by atoms with Gasteiger partial charge in [-0.3, -0.25) is 14.5 Å². The smallest absolute Gasteiger partial charge is 0.255 e. The van der Waals surface area contributed by atoms with Crippen molar-refractivity contribution in [2.45, 2.75) is 5.37 Å². The van der Waals surface area contributed by atoms with Crippen LogP contribution in [-0.2, 0) is 4.79 Å². The Morgan fingerprint density at radius 1 is 1.00 bits per heavy atom. The number of amides is 2. The molecule has 2 heterocycles. The first kappa shape index (κ1) is 20.7. The Balaban J connectivity index is 1.39. The van der Waals surface area contributed by atoms with Crippen LogP contribution in [0.25, 0.3) is 0 Å². The van der Waals surface area contributed by atoms with Gasteiger partial charge in [0.1, 0.15) is 18.6 Å². The molecule has 0 spiro atoms. The lowest BCUT2D eigenvalue weighted by Gasteiger charge is -2.26. The maximum Gasteiger partial charge on any atom is 0.255 e. The van der Waals surface area contributed by atoms with Gasteiger partial charge in [0.25, 0.3) is 5.91 Å². The summed E-state index contributed by atoms with van der Waals surface area (Å²) in [6.45, 7) is 1.000. The van der Waals surface area contributed by atoms with Crippen molar-refractivity contribution < 1.29 is 19.1 Å². The van der Waals surface area contributed by atoms with Crippen molar-refractivity contribution >= 4 is 46.6 Å². The van der Waals surface area contributed by atoms with Crippen LogP contribution in [0.2, 0.25) is 5.02 Å². The zero-order valence-corrected chi connectivity index (χ0v) is 18.5. The number of nitrogens with one attached hydrogen (secondary N) is 1. The fraction of sp³-hybridized carbons (Fsp3) is 0.167. The quantitative estimate of drug-likeness (QED) is 0.576. The van der Waals surface area contributed by atoms with Crippen LogP contribution < -0.4 is 19.7 Å². The monoisotopic (exact) mass is 466 g/mol. The predicted octanol–water partition coefficient (Wildman–Crippen LogP) is 5.14. The molecule has 1 atom stereocenters. The molecular weight excluding hydrogens is 448 g/mol. The predicted molar refractivity (Wildman–Crippen MR) is 126 cm³/mol. The number of nitrogens with zero attached hydrogens (tertiary/aromatic N) is 1. The summed E-state index contributed by atoms with van der Waals surface area (Å²) in [6, 6.07) is 19.8. The van der Waals surface area contributed by atoms with Gasteiger partial charge in [0.15, 0.2) is 11.5 Å². The number of rotatable bonds is 4. The van der Waals surface area contributed by atoms with Gasteiger partial charge in [0.2, 0.25) is 5.91 Å². The second-order valence-electron chi connectivity index (χ2n) is 7.34. The van der Waals surface area contributed by atoms with E-state index in [9.17, 15) is 9.59 Å². The van der Waals surface area contributed by atoms with Crippen LogP contribution in [0, 0.1) is 0 Å². The summed E-state index contributed by atoms with van der Waals surface area (Å²) in [6.07, 6.45) is 0. The molecule has 8 heteroatoms. The molecular formula is C24H19ClN2O4S. The third kappa shape index (κ3) is 4.13. The molecule has 3 aromatic rings. The Labute approximate surface area is 194 Å². The van der Waals surface area contributed by atoms with Crippen molar-refractivity contribution in [2.75, 3.05) is 29.2 Å². The molecule has 0 bridgehead atoms. The molecule has 0 aromatic heterocycles. The SMILES string of the molecule is O=C(Nc1cccc([C@@H]2SCC(=O)N2c2ccc3c(c2)OCCO3)c1)c1ccc(Cl)cc1. The molecule has 162 valence electrons. The molecule has 1 N–H and O–H groups in total. The summed E-state index contributed by atoms with van der Waals surface area (Å²) in [5.41, 5.74) is 2.85. The topological polar surface area (TPSA) is 67.9 Å². The average Bonchev–Trinajstić information content (AvgIpc) is 3.20. The maximum atomic E-state index is 12.8. The van der Waals surface area contributed by atoms with Crippen LogP contribution in [0.15, 0.2) is 66.7 Å². The second kappa shape index (κ2) is 8.76. The Hall–Kier alpha value is -3.16. The van der Waals surface area contributed by atoms with Crippen LogP contribution in [-0.4, -0.2) is 30.8 Å². The van der Waals surface area contributed by atoms with Gasteiger partial charge in [-0.25, -0.2) is 0 Å². The Morgan fingerprint density at radius 3 is 2.59 bits per heavy atom. The summed E-state index contributed by atoms with van der Waals surface area (Å²) in [4.78, 5) is 27.1. The van der Waals surface area contributed by atoms with Crippen molar-refractivity contribution in [3.63, 3.8) is 0 Å². The van der Waals surface area contributed by atoms with Crippen molar-refractivity contribution in [1.82, 2.24) is 0 Å². The lowest BCUT2D eigenvalue weighted by molar-refractivity contribution is -0.115. The van der Waals surface area contributed by atoms with Crippen LogP contribution in [0.3, 0.4) is 0 Å². The Kier molecular flexibility index (Phi) is 5.68. The Bertz CT molecular complexity index is 1180. The molecule has 0 unspecified atom stereocenters. The molecule has 0 saturated carbocycles. The van der Waals surface area contributed by atoms with Crippen LogP contribution in [0.5, 0.6) is 11.5 Å². The number of carbonyl (C=O) groups excluding carboxylic acids is 2. The molecule has 1 fully saturated rings. The van der Waals surface area contributed by atoms with Gasteiger partial charge in [-0.05, 0) is 54.1 Å². The minimum atomic E-state index is -0.224. The molecule has 3 aromatic carbocycles. The lowest BCUT2D eigenvalue weighted by Crippen LogP contribution is -2.28. The van der Waals surface area contributed by atoms with Gasteiger partial charge >= 0.3 is 0 Å². The minimum Gasteiger partial charge on any atom is -0.486 e. The number of hydrogen-bond donors (Lipinski definition) is 1. The van der Waals surface area contributed by atoms with E-state index in [2.05, 4.69) is 5.32 Å². The lowest BCUT2D eigenvalue weighted by atomic mass is 10.1. The number of anilines is 2. The first-order chi connectivity index (χ1) is 15.6. The van der Waals surface area contributed by atoms with E-state index in [0.29, 0.717) is 46.7 Å². The number of ether oxygens (including phenoxy) is 2. The number of hydrogen-bond acceptors (Lipinski definition) is 5. The minimum absolute atomic E-state index is 0.0206. The molecule has 2 amide bonds. The van der Waals surface area contributed by atoms with Gasteiger partial charge in [0, 0.05) is 28.0 Å². The van der Waals surface area contributed by atoms with Crippen molar-refractivity contribution in [1.29, 1.82) is 0 Å². The molecule has 5 rings (SSSR count). The van der Waals surface area contributed by atoms with Gasteiger partial charge in [-0.15, -0.1) is 11.8 Å². The average molecular weight is 467 g/mol. The second-order valence-corrected chi connectivity index (χ2v) is 8.85. The summed E-state index contributed by atoms with van der Waals surface area (Å²) in [5.74, 6) is 1.49. The standard InChI is InChI=1S/C24H19ClN2O4S/c25-17-6-4-15(5-7-17)23(29)26-18-3-1-2-16(12-18)24-27(22(28)14-32-24)19-8-9-20-21(13-19)31-11-10-30-20/h1-9,12-13,24H,10-11,14H2,(H,26,29)/t24-/m0/s1. The number of fused-ring (bicyclic) bond motifs is 1. The fourth-order valence-electron chi connectivity index (χ4n) is 3.71. The summed E-state index contributed by atoms with van der Waals surface area (Å²) in [5, 5.41) is 3.28.